The van der Waals surface area contributed by atoms with Crippen molar-refractivity contribution in [2.24, 2.45) is 0 Å². The molecule has 1 aromatic carbocycles. The molecule has 0 radical (unpaired) electrons. The Hall–Kier alpha value is -1.68. The van der Waals surface area contributed by atoms with Gasteiger partial charge in [0.15, 0.2) is 5.78 Å². The maximum Gasteiger partial charge on any atom is 0.234 e. The molecule has 0 saturated heterocycles. The molecule has 0 unspecified atom stereocenters. The lowest BCUT2D eigenvalue weighted by atomic mass is 10.1. The van der Waals surface area contributed by atoms with Crippen LogP contribution in [-0.2, 0) is 4.79 Å². The lowest BCUT2D eigenvalue weighted by Gasteiger charge is -2.18. The van der Waals surface area contributed by atoms with Crippen LogP contribution in [0.4, 0.5) is 0 Å². The van der Waals surface area contributed by atoms with Gasteiger partial charge in [-0.3, -0.25) is 14.5 Å². The number of benzene rings is 1. The number of hydrogen-bond donors (Lipinski definition) is 1. The fourth-order valence-electron chi connectivity index (χ4n) is 1.85. The van der Waals surface area contributed by atoms with Crippen LogP contribution in [0.3, 0.4) is 0 Å². The molecule has 0 bridgehead atoms. The minimum Gasteiger partial charge on any atom is -0.355 e. The quantitative estimate of drug-likeness (QED) is 0.760. The second-order valence-electron chi connectivity index (χ2n) is 4.55. The van der Waals surface area contributed by atoms with E-state index >= 15 is 0 Å². The molecule has 4 heteroatoms. The summed E-state index contributed by atoms with van der Waals surface area (Å²) in [7, 11) is 0. The van der Waals surface area contributed by atoms with E-state index < -0.39 is 0 Å². The van der Waals surface area contributed by atoms with Crippen LogP contribution < -0.4 is 5.32 Å². The molecule has 0 aliphatic heterocycles. The molecule has 0 aliphatic carbocycles. The molecular formula is C15H22N2O2. The first-order chi connectivity index (χ1) is 9.06. The highest BCUT2D eigenvalue weighted by atomic mass is 16.2. The van der Waals surface area contributed by atoms with Gasteiger partial charge in [0.05, 0.1) is 13.1 Å². The van der Waals surface area contributed by atoms with Gasteiger partial charge in [0.2, 0.25) is 5.91 Å². The molecule has 0 saturated carbocycles. The minimum absolute atomic E-state index is 0.0404. The molecule has 0 aromatic heterocycles. The van der Waals surface area contributed by atoms with Crippen LogP contribution in [0.2, 0.25) is 0 Å². The summed E-state index contributed by atoms with van der Waals surface area (Å²) in [6, 6.07) is 7.53. The number of Topliss-reactive ketones (excluding diaryl/α,β-unsaturated/α-hetero) is 1. The Morgan fingerprint density at radius 3 is 2.53 bits per heavy atom. The first kappa shape index (κ1) is 15.4. The molecule has 1 aromatic rings. The molecule has 0 atom stereocenters. The van der Waals surface area contributed by atoms with Crippen molar-refractivity contribution in [1.82, 2.24) is 10.2 Å². The molecule has 0 heterocycles. The van der Waals surface area contributed by atoms with Crippen LogP contribution in [0.1, 0.15) is 29.8 Å². The molecule has 1 N–H and O–H groups in total. The standard InChI is InChI=1S/C15H22N2O2/c1-4-16-15(19)11-17(5-2)10-14(18)13-8-6-7-12(3)9-13/h6-9H,4-5,10-11H2,1-3H3,(H,16,19). The van der Waals surface area contributed by atoms with Crippen LogP contribution >= 0.6 is 0 Å². The zero-order valence-electron chi connectivity index (χ0n) is 11.9. The zero-order valence-corrected chi connectivity index (χ0v) is 11.9. The zero-order chi connectivity index (χ0) is 14.3. The van der Waals surface area contributed by atoms with Crippen molar-refractivity contribution in [3.05, 3.63) is 35.4 Å². The number of ketones is 1. The summed E-state index contributed by atoms with van der Waals surface area (Å²) in [5.41, 5.74) is 1.77. The number of amides is 1. The van der Waals surface area contributed by atoms with Crippen molar-refractivity contribution in [3.8, 4) is 0 Å². The third kappa shape index (κ3) is 5.22. The van der Waals surface area contributed by atoms with E-state index in [1.807, 2.05) is 49.9 Å². The number of nitrogens with one attached hydrogen (secondary N) is 1. The summed E-state index contributed by atoms with van der Waals surface area (Å²) in [5.74, 6) is 0.0104. The van der Waals surface area contributed by atoms with E-state index in [1.165, 1.54) is 0 Å². The van der Waals surface area contributed by atoms with Crippen LogP contribution in [0, 0.1) is 6.92 Å². The van der Waals surface area contributed by atoms with Crippen LogP contribution in [-0.4, -0.2) is 42.8 Å². The van der Waals surface area contributed by atoms with Crippen LogP contribution in [0.5, 0.6) is 0 Å². The van der Waals surface area contributed by atoms with E-state index in [4.69, 9.17) is 0 Å². The Labute approximate surface area is 114 Å². The van der Waals surface area contributed by atoms with Gasteiger partial charge in [-0.2, -0.15) is 0 Å². The number of carbonyl (C=O) groups excluding carboxylic acids is 2. The predicted molar refractivity (Wildman–Crippen MR) is 76.3 cm³/mol. The van der Waals surface area contributed by atoms with E-state index in [0.717, 1.165) is 5.56 Å². The predicted octanol–water partition coefficient (Wildman–Crippen LogP) is 1.64. The first-order valence-electron chi connectivity index (χ1n) is 6.65. The molecule has 0 spiro atoms. The molecule has 4 nitrogen and oxygen atoms in total. The highest BCUT2D eigenvalue weighted by Crippen LogP contribution is 2.06. The van der Waals surface area contributed by atoms with Gasteiger partial charge < -0.3 is 5.32 Å². The topological polar surface area (TPSA) is 49.4 Å². The van der Waals surface area contributed by atoms with E-state index in [0.29, 0.717) is 18.7 Å². The summed E-state index contributed by atoms with van der Waals surface area (Å²) in [6.07, 6.45) is 0. The van der Waals surface area contributed by atoms with Gasteiger partial charge in [-0.25, -0.2) is 0 Å². The number of likely N-dealkylation sites (N-methyl/N-ethyl adjacent to an activating group) is 2. The SMILES string of the molecule is CCNC(=O)CN(CC)CC(=O)c1cccc(C)c1. The third-order valence-corrected chi connectivity index (χ3v) is 2.90. The largest absolute Gasteiger partial charge is 0.355 e. The molecule has 1 rings (SSSR count). The van der Waals surface area contributed by atoms with Crippen molar-refractivity contribution in [3.63, 3.8) is 0 Å². The van der Waals surface area contributed by atoms with E-state index in [1.54, 1.807) is 0 Å². The van der Waals surface area contributed by atoms with Crippen molar-refractivity contribution in [1.29, 1.82) is 0 Å². The summed E-state index contributed by atoms with van der Waals surface area (Å²) in [5, 5.41) is 2.74. The second kappa shape index (κ2) is 7.69. The summed E-state index contributed by atoms with van der Waals surface area (Å²) in [4.78, 5) is 25.5. The van der Waals surface area contributed by atoms with Crippen LogP contribution in [0.25, 0.3) is 0 Å². The summed E-state index contributed by atoms with van der Waals surface area (Å²) < 4.78 is 0. The number of hydrogen-bond acceptors (Lipinski definition) is 3. The van der Waals surface area contributed by atoms with Gasteiger partial charge in [-0.15, -0.1) is 0 Å². The highest BCUT2D eigenvalue weighted by Gasteiger charge is 2.14. The monoisotopic (exact) mass is 262 g/mol. The molecule has 0 aliphatic rings. The normalized spacial score (nSPS) is 10.5. The lowest BCUT2D eigenvalue weighted by Crippen LogP contribution is -2.39. The fourth-order valence-corrected chi connectivity index (χ4v) is 1.85. The fraction of sp³-hybridized carbons (Fsp3) is 0.467. The number of aryl methyl sites for hydroxylation is 1. The number of nitrogens with zero attached hydrogens (tertiary/aromatic N) is 1. The maximum atomic E-state index is 12.1. The first-order valence-corrected chi connectivity index (χ1v) is 6.65. The smallest absolute Gasteiger partial charge is 0.234 e. The molecule has 0 fully saturated rings. The van der Waals surface area contributed by atoms with E-state index in [2.05, 4.69) is 5.32 Å². The summed E-state index contributed by atoms with van der Waals surface area (Å²) >= 11 is 0. The Balaban J connectivity index is 2.60. The Morgan fingerprint density at radius 2 is 1.95 bits per heavy atom. The molecule has 104 valence electrons. The summed E-state index contributed by atoms with van der Waals surface area (Å²) in [6.45, 7) is 7.62. The molecule has 19 heavy (non-hydrogen) atoms. The lowest BCUT2D eigenvalue weighted by molar-refractivity contribution is -0.121. The van der Waals surface area contributed by atoms with Gasteiger partial charge in [0.25, 0.3) is 0 Å². The minimum atomic E-state index is -0.0404. The molecule has 1 amide bonds. The van der Waals surface area contributed by atoms with Crippen molar-refractivity contribution < 1.29 is 9.59 Å². The van der Waals surface area contributed by atoms with Crippen molar-refractivity contribution in [2.45, 2.75) is 20.8 Å². The van der Waals surface area contributed by atoms with Gasteiger partial charge in [0.1, 0.15) is 0 Å². The average molecular weight is 262 g/mol. The maximum absolute atomic E-state index is 12.1. The van der Waals surface area contributed by atoms with Gasteiger partial charge in [0, 0.05) is 12.1 Å². The Kier molecular flexibility index (Phi) is 6.22. The highest BCUT2D eigenvalue weighted by molar-refractivity contribution is 5.98. The third-order valence-electron chi connectivity index (χ3n) is 2.90. The average Bonchev–Trinajstić information content (AvgIpc) is 2.38. The van der Waals surface area contributed by atoms with Gasteiger partial charge in [-0.1, -0.05) is 30.7 Å². The second-order valence-corrected chi connectivity index (χ2v) is 4.55. The van der Waals surface area contributed by atoms with Gasteiger partial charge >= 0.3 is 0 Å². The number of carbonyl (C=O) groups is 2. The molecular weight excluding hydrogens is 240 g/mol. The van der Waals surface area contributed by atoms with Crippen molar-refractivity contribution in [2.75, 3.05) is 26.2 Å². The number of rotatable bonds is 7. The van der Waals surface area contributed by atoms with E-state index in [-0.39, 0.29) is 24.8 Å². The van der Waals surface area contributed by atoms with Gasteiger partial charge in [-0.05, 0) is 26.5 Å². The van der Waals surface area contributed by atoms with Crippen LogP contribution in [0.15, 0.2) is 24.3 Å². The van der Waals surface area contributed by atoms with Crippen molar-refractivity contribution >= 4 is 11.7 Å². The van der Waals surface area contributed by atoms with E-state index in [9.17, 15) is 9.59 Å². The Bertz CT molecular complexity index is 444. The Morgan fingerprint density at radius 1 is 1.21 bits per heavy atom.